The number of methoxy groups -OCH3 is 1. The fourth-order valence-electron chi connectivity index (χ4n) is 2.19. The van der Waals surface area contributed by atoms with E-state index in [9.17, 15) is 9.90 Å². The standard InChI is InChI=1S/C14H16O3/c1-17-11-7-5-10(6-8-11)12-3-2-4-14(16)13(12)9-15/h5-8,15H,2-4,9H2,1H3. The first-order valence-corrected chi connectivity index (χ1v) is 5.76. The van der Waals surface area contributed by atoms with E-state index in [0.717, 1.165) is 29.7 Å². The number of aliphatic hydroxyl groups excluding tert-OH is 1. The third kappa shape index (κ3) is 2.39. The van der Waals surface area contributed by atoms with Crippen LogP contribution in [0.5, 0.6) is 5.75 Å². The van der Waals surface area contributed by atoms with Gasteiger partial charge >= 0.3 is 0 Å². The van der Waals surface area contributed by atoms with Gasteiger partial charge < -0.3 is 9.84 Å². The number of ketones is 1. The lowest BCUT2D eigenvalue weighted by Gasteiger charge is -2.18. The van der Waals surface area contributed by atoms with E-state index in [1.165, 1.54) is 0 Å². The first-order valence-electron chi connectivity index (χ1n) is 5.76. The van der Waals surface area contributed by atoms with Crippen LogP contribution in [0.15, 0.2) is 29.8 Å². The van der Waals surface area contributed by atoms with Crippen molar-refractivity contribution in [2.24, 2.45) is 0 Å². The van der Waals surface area contributed by atoms with Crippen molar-refractivity contribution in [3.8, 4) is 5.75 Å². The molecule has 1 aliphatic carbocycles. The summed E-state index contributed by atoms with van der Waals surface area (Å²) in [6.07, 6.45) is 2.27. The second kappa shape index (κ2) is 5.15. The second-order valence-corrected chi connectivity index (χ2v) is 4.12. The summed E-state index contributed by atoms with van der Waals surface area (Å²) in [4.78, 5) is 11.7. The van der Waals surface area contributed by atoms with Gasteiger partial charge in [0.2, 0.25) is 0 Å². The van der Waals surface area contributed by atoms with Crippen LogP contribution < -0.4 is 4.74 Å². The van der Waals surface area contributed by atoms with Gasteiger partial charge in [0.1, 0.15) is 5.75 Å². The molecule has 1 aliphatic rings. The van der Waals surface area contributed by atoms with Gasteiger partial charge in [0.05, 0.1) is 13.7 Å². The number of allylic oxidation sites excluding steroid dienone is 1. The average Bonchev–Trinajstić information content (AvgIpc) is 2.38. The topological polar surface area (TPSA) is 46.5 Å². The summed E-state index contributed by atoms with van der Waals surface area (Å²) in [5.41, 5.74) is 2.55. The van der Waals surface area contributed by atoms with Gasteiger partial charge in [-0.3, -0.25) is 4.79 Å². The molecule has 0 aromatic heterocycles. The Kier molecular flexibility index (Phi) is 3.59. The molecule has 1 aromatic rings. The van der Waals surface area contributed by atoms with Crippen LogP contribution in [0.25, 0.3) is 5.57 Å². The van der Waals surface area contributed by atoms with Crippen molar-refractivity contribution in [2.75, 3.05) is 13.7 Å². The predicted octanol–water partition coefficient (Wildman–Crippen LogP) is 2.19. The number of carbonyl (C=O) groups is 1. The highest BCUT2D eigenvalue weighted by Gasteiger charge is 2.20. The van der Waals surface area contributed by atoms with Crippen LogP contribution in [0.1, 0.15) is 24.8 Å². The van der Waals surface area contributed by atoms with Gasteiger partial charge in [0.15, 0.2) is 5.78 Å². The largest absolute Gasteiger partial charge is 0.497 e. The Morgan fingerprint density at radius 1 is 1.24 bits per heavy atom. The van der Waals surface area contributed by atoms with Crippen LogP contribution >= 0.6 is 0 Å². The molecular formula is C14H16O3. The van der Waals surface area contributed by atoms with E-state index >= 15 is 0 Å². The highest BCUT2D eigenvalue weighted by molar-refractivity contribution is 6.04. The van der Waals surface area contributed by atoms with E-state index in [1.54, 1.807) is 7.11 Å². The summed E-state index contributed by atoms with van der Waals surface area (Å²) in [5, 5.41) is 9.29. The summed E-state index contributed by atoms with van der Waals surface area (Å²) in [5.74, 6) is 0.867. The molecule has 0 amide bonds. The minimum Gasteiger partial charge on any atom is -0.497 e. The Morgan fingerprint density at radius 2 is 1.94 bits per heavy atom. The number of hydrogen-bond donors (Lipinski definition) is 1. The van der Waals surface area contributed by atoms with Crippen LogP contribution in [0.3, 0.4) is 0 Å². The second-order valence-electron chi connectivity index (χ2n) is 4.12. The molecule has 3 heteroatoms. The van der Waals surface area contributed by atoms with Gasteiger partial charge in [-0.1, -0.05) is 12.1 Å². The zero-order chi connectivity index (χ0) is 12.3. The summed E-state index contributed by atoms with van der Waals surface area (Å²) < 4.78 is 5.10. The van der Waals surface area contributed by atoms with Crippen LogP contribution in [0.2, 0.25) is 0 Å². The Balaban J connectivity index is 2.39. The third-order valence-corrected chi connectivity index (χ3v) is 3.13. The molecule has 0 heterocycles. The molecule has 0 spiro atoms. The van der Waals surface area contributed by atoms with Crippen LogP contribution in [-0.4, -0.2) is 24.6 Å². The highest BCUT2D eigenvalue weighted by atomic mass is 16.5. The first-order chi connectivity index (χ1) is 8.26. The van der Waals surface area contributed by atoms with Crippen LogP contribution in [0, 0.1) is 0 Å². The van der Waals surface area contributed by atoms with Gasteiger partial charge in [-0.05, 0) is 36.1 Å². The SMILES string of the molecule is COc1ccc(C2=C(CO)C(=O)CCC2)cc1. The first kappa shape index (κ1) is 11.9. The molecule has 1 aromatic carbocycles. The quantitative estimate of drug-likeness (QED) is 0.869. The highest BCUT2D eigenvalue weighted by Crippen LogP contribution is 2.31. The molecule has 0 aliphatic heterocycles. The maximum absolute atomic E-state index is 11.7. The molecule has 0 saturated carbocycles. The maximum Gasteiger partial charge on any atom is 0.161 e. The van der Waals surface area contributed by atoms with Crippen molar-refractivity contribution in [1.29, 1.82) is 0 Å². The zero-order valence-electron chi connectivity index (χ0n) is 9.90. The molecule has 0 fully saturated rings. The summed E-state index contributed by atoms with van der Waals surface area (Å²) in [7, 11) is 1.62. The summed E-state index contributed by atoms with van der Waals surface area (Å²) in [6.45, 7) is -0.166. The molecule has 0 atom stereocenters. The molecular weight excluding hydrogens is 216 g/mol. The van der Waals surface area contributed by atoms with Crippen molar-refractivity contribution >= 4 is 11.4 Å². The molecule has 0 bridgehead atoms. The maximum atomic E-state index is 11.7. The van der Waals surface area contributed by atoms with E-state index in [-0.39, 0.29) is 12.4 Å². The zero-order valence-corrected chi connectivity index (χ0v) is 9.90. The number of aliphatic hydroxyl groups is 1. The van der Waals surface area contributed by atoms with E-state index in [0.29, 0.717) is 12.0 Å². The van der Waals surface area contributed by atoms with Crippen molar-refractivity contribution in [3.63, 3.8) is 0 Å². The van der Waals surface area contributed by atoms with E-state index in [1.807, 2.05) is 24.3 Å². The average molecular weight is 232 g/mol. The number of ether oxygens (including phenoxy) is 1. The number of hydrogen-bond acceptors (Lipinski definition) is 3. The molecule has 0 unspecified atom stereocenters. The van der Waals surface area contributed by atoms with Crippen LogP contribution in [-0.2, 0) is 4.79 Å². The minimum atomic E-state index is -0.166. The van der Waals surface area contributed by atoms with Crippen molar-refractivity contribution in [1.82, 2.24) is 0 Å². The fourth-order valence-corrected chi connectivity index (χ4v) is 2.19. The molecule has 1 N–H and O–H groups in total. The van der Waals surface area contributed by atoms with Crippen molar-refractivity contribution in [3.05, 3.63) is 35.4 Å². The molecule has 0 radical (unpaired) electrons. The lowest BCUT2D eigenvalue weighted by atomic mass is 9.87. The number of benzene rings is 1. The third-order valence-electron chi connectivity index (χ3n) is 3.13. The summed E-state index contributed by atoms with van der Waals surface area (Å²) >= 11 is 0. The molecule has 3 nitrogen and oxygen atoms in total. The molecule has 0 saturated heterocycles. The Bertz CT molecular complexity index is 443. The number of rotatable bonds is 3. The van der Waals surface area contributed by atoms with Gasteiger partial charge in [0.25, 0.3) is 0 Å². The molecule has 2 rings (SSSR count). The lowest BCUT2D eigenvalue weighted by Crippen LogP contribution is -2.14. The molecule has 90 valence electrons. The number of carbonyl (C=O) groups excluding carboxylic acids is 1. The monoisotopic (exact) mass is 232 g/mol. The smallest absolute Gasteiger partial charge is 0.161 e. The lowest BCUT2D eigenvalue weighted by molar-refractivity contribution is -0.116. The van der Waals surface area contributed by atoms with Gasteiger partial charge in [-0.15, -0.1) is 0 Å². The van der Waals surface area contributed by atoms with E-state index in [2.05, 4.69) is 0 Å². The molecule has 17 heavy (non-hydrogen) atoms. The van der Waals surface area contributed by atoms with Gasteiger partial charge in [-0.2, -0.15) is 0 Å². The van der Waals surface area contributed by atoms with Crippen molar-refractivity contribution < 1.29 is 14.6 Å². The number of Topliss-reactive ketones (excluding diaryl/α,β-unsaturated/α-hetero) is 1. The summed E-state index contributed by atoms with van der Waals surface area (Å²) in [6, 6.07) is 7.61. The van der Waals surface area contributed by atoms with Crippen LogP contribution in [0.4, 0.5) is 0 Å². The van der Waals surface area contributed by atoms with Gasteiger partial charge in [-0.25, -0.2) is 0 Å². The normalized spacial score (nSPS) is 16.2. The Hall–Kier alpha value is -1.61. The predicted molar refractivity (Wildman–Crippen MR) is 65.9 cm³/mol. The van der Waals surface area contributed by atoms with Gasteiger partial charge in [0, 0.05) is 12.0 Å². The fraction of sp³-hybridized carbons (Fsp3) is 0.357. The van der Waals surface area contributed by atoms with Crippen molar-refractivity contribution in [2.45, 2.75) is 19.3 Å². The minimum absolute atomic E-state index is 0.0737. The van der Waals surface area contributed by atoms with E-state index < -0.39 is 0 Å². The Labute approximate surface area is 101 Å². The van der Waals surface area contributed by atoms with E-state index in [4.69, 9.17) is 4.74 Å². The Morgan fingerprint density at radius 3 is 2.53 bits per heavy atom.